The van der Waals surface area contributed by atoms with Crippen LogP contribution in [-0.2, 0) is 6.42 Å². The highest BCUT2D eigenvalue weighted by Gasteiger charge is 2.38. The quantitative estimate of drug-likeness (QED) is 0.834. The molecule has 2 heterocycles. The zero-order valence-corrected chi connectivity index (χ0v) is 14.5. The van der Waals surface area contributed by atoms with Gasteiger partial charge in [-0.2, -0.15) is 0 Å². The van der Waals surface area contributed by atoms with Crippen LogP contribution in [0.25, 0.3) is 0 Å². The van der Waals surface area contributed by atoms with Gasteiger partial charge in [-0.15, -0.1) is 0 Å². The van der Waals surface area contributed by atoms with Crippen LogP contribution in [0.3, 0.4) is 0 Å². The van der Waals surface area contributed by atoms with Crippen LogP contribution in [0, 0.1) is 10.8 Å². The molecule has 0 bridgehead atoms. The molecule has 1 aromatic heterocycles. The number of anilines is 1. The lowest BCUT2D eigenvalue weighted by Crippen LogP contribution is -2.26. The average molecular weight is 306 g/mol. The maximum Gasteiger partial charge on any atom is 0.186 e. The van der Waals surface area contributed by atoms with Crippen molar-refractivity contribution in [2.75, 3.05) is 18.0 Å². The summed E-state index contributed by atoms with van der Waals surface area (Å²) in [5, 5.41) is 1.08. The number of thiazole rings is 1. The van der Waals surface area contributed by atoms with Crippen molar-refractivity contribution in [3.63, 3.8) is 0 Å². The third kappa shape index (κ3) is 2.63. The molecule has 1 fully saturated rings. The molecule has 0 radical (unpaired) electrons. The van der Waals surface area contributed by atoms with Gasteiger partial charge < -0.3 is 4.90 Å². The van der Waals surface area contributed by atoms with E-state index in [-0.39, 0.29) is 5.41 Å². The van der Waals surface area contributed by atoms with Crippen LogP contribution in [0.2, 0.25) is 0 Å². The number of aromatic nitrogens is 1. The smallest absolute Gasteiger partial charge is 0.186 e. The number of nitrogens with zero attached hydrogens (tertiary/aromatic N) is 2. The normalized spacial score (nSPS) is 23.4. The maximum absolute atomic E-state index is 12.3. The number of hydrogen-bond donors (Lipinski definition) is 0. The van der Waals surface area contributed by atoms with Crippen molar-refractivity contribution in [2.24, 2.45) is 10.8 Å². The number of ketones is 1. The molecule has 0 aromatic carbocycles. The van der Waals surface area contributed by atoms with E-state index in [2.05, 4.69) is 32.6 Å². The second-order valence-corrected chi connectivity index (χ2v) is 8.57. The van der Waals surface area contributed by atoms with Crippen molar-refractivity contribution in [1.29, 1.82) is 0 Å². The van der Waals surface area contributed by atoms with Gasteiger partial charge >= 0.3 is 0 Å². The van der Waals surface area contributed by atoms with Gasteiger partial charge in [0.25, 0.3) is 0 Å². The van der Waals surface area contributed by atoms with Crippen molar-refractivity contribution in [3.05, 3.63) is 10.6 Å². The van der Waals surface area contributed by atoms with Crippen molar-refractivity contribution in [1.82, 2.24) is 4.98 Å². The van der Waals surface area contributed by atoms with Crippen molar-refractivity contribution >= 4 is 22.3 Å². The molecule has 3 rings (SSSR count). The first kappa shape index (κ1) is 15.0. The zero-order chi connectivity index (χ0) is 15.3. The number of rotatable bonds is 3. The van der Waals surface area contributed by atoms with Gasteiger partial charge in [0, 0.05) is 19.5 Å². The molecule has 0 unspecified atom stereocenters. The Bertz CT molecular complexity index is 557. The van der Waals surface area contributed by atoms with Crippen LogP contribution in [0.4, 0.5) is 5.13 Å². The van der Waals surface area contributed by atoms with Crippen LogP contribution in [0.1, 0.15) is 68.7 Å². The van der Waals surface area contributed by atoms with Gasteiger partial charge in [-0.3, -0.25) is 4.79 Å². The van der Waals surface area contributed by atoms with E-state index in [1.54, 1.807) is 11.3 Å². The minimum atomic E-state index is 0.0665. The molecule has 0 spiro atoms. The lowest BCUT2D eigenvalue weighted by molar-refractivity contribution is 0.0916. The van der Waals surface area contributed by atoms with Crippen LogP contribution in [0.5, 0.6) is 0 Å². The first-order valence-corrected chi connectivity index (χ1v) is 8.97. The summed E-state index contributed by atoms with van der Waals surface area (Å²) in [4.78, 5) is 20.5. The zero-order valence-electron chi connectivity index (χ0n) is 13.7. The van der Waals surface area contributed by atoms with E-state index >= 15 is 0 Å². The standard InChI is InChI=1S/C17H26N2OS/c1-5-17(6-2)7-8-19(11-17)15-18-12-9-16(3,4)10-13(20)14(12)21-15/h5-11H2,1-4H3. The highest BCUT2D eigenvalue weighted by Crippen LogP contribution is 2.43. The van der Waals surface area contributed by atoms with Crippen LogP contribution in [0.15, 0.2) is 0 Å². The highest BCUT2D eigenvalue weighted by atomic mass is 32.1. The van der Waals surface area contributed by atoms with Crippen molar-refractivity contribution < 1.29 is 4.79 Å². The fraction of sp³-hybridized carbons (Fsp3) is 0.765. The number of carbonyl (C=O) groups excluding carboxylic acids is 1. The Kier molecular flexibility index (Phi) is 3.63. The summed E-state index contributed by atoms with van der Waals surface area (Å²) in [6, 6.07) is 0. The van der Waals surface area contributed by atoms with Gasteiger partial charge in [0.15, 0.2) is 10.9 Å². The Hall–Kier alpha value is -0.900. The van der Waals surface area contributed by atoms with Crippen LogP contribution < -0.4 is 4.90 Å². The Morgan fingerprint density at radius 2 is 1.95 bits per heavy atom. The first-order chi connectivity index (χ1) is 9.88. The summed E-state index contributed by atoms with van der Waals surface area (Å²) in [7, 11) is 0. The number of hydrogen-bond acceptors (Lipinski definition) is 4. The Morgan fingerprint density at radius 1 is 1.24 bits per heavy atom. The van der Waals surface area contributed by atoms with Gasteiger partial charge in [0.1, 0.15) is 0 Å². The third-order valence-electron chi connectivity index (χ3n) is 5.43. The van der Waals surface area contributed by atoms with Crippen molar-refractivity contribution in [2.45, 2.75) is 59.8 Å². The van der Waals surface area contributed by atoms with Gasteiger partial charge in [-0.1, -0.05) is 39.0 Å². The predicted molar refractivity (Wildman–Crippen MR) is 88.4 cm³/mol. The van der Waals surface area contributed by atoms with E-state index in [4.69, 9.17) is 4.98 Å². The van der Waals surface area contributed by atoms with Gasteiger partial charge in [-0.05, 0) is 36.5 Å². The second-order valence-electron chi connectivity index (χ2n) is 7.59. The molecule has 0 atom stereocenters. The van der Waals surface area contributed by atoms with E-state index in [1.807, 2.05) is 0 Å². The third-order valence-corrected chi connectivity index (χ3v) is 6.63. The molecule has 2 aliphatic rings. The molecule has 4 heteroatoms. The fourth-order valence-corrected chi connectivity index (χ4v) is 4.81. The lowest BCUT2D eigenvalue weighted by Gasteiger charge is -2.26. The molecular weight excluding hydrogens is 280 g/mol. The number of carbonyl (C=O) groups is 1. The Morgan fingerprint density at radius 3 is 2.57 bits per heavy atom. The molecule has 1 aromatic rings. The molecule has 1 saturated heterocycles. The second kappa shape index (κ2) is 5.08. The topological polar surface area (TPSA) is 33.2 Å². The average Bonchev–Trinajstić information content (AvgIpc) is 3.01. The summed E-state index contributed by atoms with van der Waals surface area (Å²) in [5.74, 6) is 0.293. The molecule has 21 heavy (non-hydrogen) atoms. The molecule has 116 valence electrons. The highest BCUT2D eigenvalue weighted by molar-refractivity contribution is 7.17. The first-order valence-electron chi connectivity index (χ1n) is 8.16. The van der Waals surface area contributed by atoms with Crippen LogP contribution >= 0.6 is 11.3 Å². The molecule has 1 aliphatic heterocycles. The van der Waals surface area contributed by atoms with Crippen molar-refractivity contribution in [3.8, 4) is 0 Å². The summed E-state index contributed by atoms with van der Waals surface area (Å²) in [5.41, 5.74) is 1.56. The van der Waals surface area contributed by atoms with E-state index in [9.17, 15) is 4.79 Å². The van der Waals surface area contributed by atoms with Gasteiger partial charge in [-0.25, -0.2) is 4.98 Å². The summed E-state index contributed by atoms with van der Waals surface area (Å²) < 4.78 is 0. The largest absolute Gasteiger partial charge is 0.347 e. The number of fused-ring (bicyclic) bond motifs is 1. The lowest BCUT2D eigenvalue weighted by atomic mass is 9.78. The maximum atomic E-state index is 12.3. The molecule has 3 nitrogen and oxygen atoms in total. The summed E-state index contributed by atoms with van der Waals surface area (Å²) in [6.07, 6.45) is 5.32. The molecule has 0 saturated carbocycles. The monoisotopic (exact) mass is 306 g/mol. The molecule has 0 N–H and O–H groups in total. The minimum absolute atomic E-state index is 0.0665. The van der Waals surface area contributed by atoms with E-state index in [0.717, 1.165) is 35.2 Å². The van der Waals surface area contributed by atoms with E-state index < -0.39 is 0 Å². The molecule has 1 aliphatic carbocycles. The summed E-state index contributed by atoms with van der Waals surface area (Å²) in [6.45, 7) is 11.1. The fourth-order valence-electron chi connectivity index (χ4n) is 3.77. The van der Waals surface area contributed by atoms with E-state index in [0.29, 0.717) is 17.6 Å². The number of Topliss-reactive ketones (excluding diaryl/α,β-unsaturated/α-hetero) is 1. The van der Waals surface area contributed by atoms with Gasteiger partial charge in [0.2, 0.25) is 0 Å². The molecule has 0 amide bonds. The Labute approximate surface area is 131 Å². The summed E-state index contributed by atoms with van der Waals surface area (Å²) >= 11 is 1.63. The Balaban J connectivity index is 1.85. The van der Waals surface area contributed by atoms with Crippen LogP contribution in [-0.4, -0.2) is 23.9 Å². The molecular formula is C17H26N2OS. The van der Waals surface area contributed by atoms with E-state index in [1.165, 1.54) is 19.3 Å². The predicted octanol–water partition coefficient (Wildman–Crippen LogP) is 4.31. The van der Waals surface area contributed by atoms with Gasteiger partial charge in [0.05, 0.1) is 10.6 Å². The SMILES string of the molecule is CCC1(CC)CCN(c2nc3c(s2)C(=O)CC(C)(C)C3)C1. The minimum Gasteiger partial charge on any atom is -0.347 e.